The van der Waals surface area contributed by atoms with Crippen LogP contribution in [-0.4, -0.2) is 63.1 Å². The first-order chi connectivity index (χ1) is 11.9. The van der Waals surface area contributed by atoms with Crippen molar-refractivity contribution in [3.05, 3.63) is 42.0 Å². The molecule has 2 atom stereocenters. The molecule has 0 radical (unpaired) electrons. The molecule has 1 saturated heterocycles. The highest BCUT2D eigenvalue weighted by molar-refractivity contribution is 5.86. The number of likely N-dealkylation sites (tertiary alicyclic amines) is 1. The fraction of sp³-hybridized carbons (Fsp3) is 0.471. The minimum absolute atomic E-state index is 0.00545. The van der Waals surface area contributed by atoms with Gasteiger partial charge in [0.25, 0.3) is 0 Å². The first kappa shape index (κ1) is 17.3. The zero-order valence-electron chi connectivity index (χ0n) is 14.3. The standard InChI is InChI=1S/C17H22FN5O2/c1-21(13-3-5-19-16(8-13)17(24)25)10-15-7-12(18)9-23(15)11-14-4-6-20-22(14)2/h3-6,8,12,15H,7,9-11H2,1-2H3,(H,24,25)/t12-,15-/m0/s1. The Balaban J connectivity index is 1.70. The Labute approximate surface area is 145 Å². The molecule has 0 unspecified atom stereocenters. The van der Waals surface area contributed by atoms with Crippen LogP contribution in [0.1, 0.15) is 22.6 Å². The molecule has 3 rings (SSSR count). The summed E-state index contributed by atoms with van der Waals surface area (Å²) >= 11 is 0. The largest absolute Gasteiger partial charge is 0.477 e. The molecule has 1 aliphatic rings. The summed E-state index contributed by atoms with van der Waals surface area (Å²) in [6.07, 6.45) is 2.84. The van der Waals surface area contributed by atoms with E-state index in [4.69, 9.17) is 5.11 Å². The monoisotopic (exact) mass is 347 g/mol. The Morgan fingerprint density at radius 2 is 2.24 bits per heavy atom. The van der Waals surface area contributed by atoms with Crippen molar-refractivity contribution in [3.8, 4) is 0 Å². The molecule has 0 amide bonds. The summed E-state index contributed by atoms with van der Waals surface area (Å²) in [5.41, 5.74) is 1.81. The van der Waals surface area contributed by atoms with E-state index in [1.807, 2.05) is 25.1 Å². The number of likely N-dealkylation sites (N-methyl/N-ethyl adjacent to an activating group) is 1. The number of rotatable bonds is 6. The summed E-state index contributed by atoms with van der Waals surface area (Å²) in [4.78, 5) is 19.0. The molecule has 3 heterocycles. The van der Waals surface area contributed by atoms with Gasteiger partial charge in [0, 0.05) is 57.9 Å². The van der Waals surface area contributed by atoms with Gasteiger partial charge in [-0.3, -0.25) is 9.58 Å². The van der Waals surface area contributed by atoms with Crippen LogP contribution < -0.4 is 4.90 Å². The lowest BCUT2D eigenvalue weighted by molar-refractivity contribution is 0.0690. The van der Waals surface area contributed by atoms with Gasteiger partial charge in [-0.1, -0.05) is 0 Å². The average Bonchev–Trinajstić information content (AvgIpc) is 3.13. The number of pyridine rings is 1. The molecule has 0 bridgehead atoms. The van der Waals surface area contributed by atoms with Gasteiger partial charge in [0.1, 0.15) is 11.9 Å². The first-order valence-electron chi connectivity index (χ1n) is 8.19. The lowest BCUT2D eigenvalue weighted by Gasteiger charge is -2.29. The Bertz CT molecular complexity index is 750. The quantitative estimate of drug-likeness (QED) is 0.855. The van der Waals surface area contributed by atoms with Crippen molar-refractivity contribution >= 4 is 11.7 Å². The van der Waals surface area contributed by atoms with Crippen LogP contribution in [0.25, 0.3) is 0 Å². The number of anilines is 1. The highest BCUT2D eigenvalue weighted by atomic mass is 19.1. The molecular formula is C17H22FN5O2. The van der Waals surface area contributed by atoms with Gasteiger partial charge in [-0.15, -0.1) is 0 Å². The number of aromatic nitrogens is 3. The lowest BCUT2D eigenvalue weighted by Crippen LogP contribution is -2.39. The fourth-order valence-electron chi connectivity index (χ4n) is 3.27. The first-order valence-corrected chi connectivity index (χ1v) is 8.19. The molecule has 0 spiro atoms. The van der Waals surface area contributed by atoms with Gasteiger partial charge in [0.2, 0.25) is 0 Å². The number of hydrogen-bond acceptors (Lipinski definition) is 5. The summed E-state index contributed by atoms with van der Waals surface area (Å²) in [5, 5.41) is 13.2. The number of nitrogens with zero attached hydrogens (tertiary/aromatic N) is 5. The van der Waals surface area contributed by atoms with Crippen LogP contribution >= 0.6 is 0 Å². The molecule has 1 N–H and O–H groups in total. The molecule has 0 saturated carbocycles. The van der Waals surface area contributed by atoms with E-state index in [0.717, 1.165) is 11.4 Å². The van der Waals surface area contributed by atoms with Crippen LogP contribution in [0, 0.1) is 0 Å². The average molecular weight is 347 g/mol. The van der Waals surface area contributed by atoms with Gasteiger partial charge >= 0.3 is 5.97 Å². The van der Waals surface area contributed by atoms with Crippen LogP contribution in [0.3, 0.4) is 0 Å². The molecule has 2 aromatic heterocycles. The number of carbonyl (C=O) groups is 1. The fourth-order valence-corrected chi connectivity index (χ4v) is 3.27. The van der Waals surface area contributed by atoms with Crippen LogP contribution in [-0.2, 0) is 13.6 Å². The number of aryl methyl sites for hydroxylation is 1. The van der Waals surface area contributed by atoms with Gasteiger partial charge in [0.15, 0.2) is 0 Å². The minimum atomic E-state index is -1.06. The summed E-state index contributed by atoms with van der Waals surface area (Å²) in [7, 11) is 3.76. The minimum Gasteiger partial charge on any atom is -0.477 e. The van der Waals surface area contributed by atoms with E-state index in [1.54, 1.807) is 16.9 Å². The van der Waals surface area contributed by atoms with Gasteiger partial charge < -0.3 is 10.0 Å². The van der Waals surface area contributed by atoms with Crippen molar-refractivity contribution in [1.29, 1.82) is 0 Å². The predicted molar refractivity (Wildman–Crippen MR) is 91.4 cm³/mol. The highest BCUT2D eigenvalue weighted by Gasteiger charge is 2.33. The van der Waals surface area contributed by atoms with Crippen molar-refractivity contribution in [2.45, 2.75) is 25.2 Å². The Morgan fingerprint density at radius 3 is 2.92 bits per heavy atom. The number of hydrogen-bond donors (Lipinski definition) is 1. The summed E-state index contributed by atoms with van der Waals surface area (Å²) in [5.74, 6) is -1.06. The van der Waals surface area contributed by atoms with E-state index in [2.05, 4.69) is 15.0 Å². The lowest BCUT2D eigenvalue weighted by atomic mass is 10.2. The van der Waals surface area contributed by atoms with Crippen molar-refractivity contribution in [2.75, 3.05) is 25.0 Å². The smallest absolute Gasteiger partial charge is 0.354 e. The van der Waals surface area contributed by atoms with Crippen LogP contribution in [0.4, 0.5) is 10.1 Å². The molecule has 25 heavy (non-hydrogen) atoms. The molecule has 7 nitrogen and oxygen atoms in total. The van der Waals surface area contributed by atoms with Crippen molar-refractivity contribution in [1.82, 2.24) is 19.7 Å². The van der Waals surface area contributed by atoms with Gasteiger partial charge in [-0.25, -0.2) is 14.2 Å². The van der Waals surface area contributed by atoms with Crippen molar-refractivity contribution < 1.29 is 14.3 Å². The van der Waals surface area contributed by atoms with Crippen LogP contribution in [0.15, 0.2) is 30.6 Å². The third-order valence-corrected chi connectivity index (χ3v) is 4.65. The molecule has 1 fully saturated rings. The molecule has 0 aliphatic carbocycles. The second kappa shape index (κ2) is 7.18. The second-order valence-corrected chi connectivity index (χ2v) is 6.45. The SMILES string of the molecule is CN(C[C@@H]1C[C@H](F)CN1Cc1ccnn1C)c1ccnc(C(=O)O)c1. The van der Waals surface area contributed by atoms with Gasteiger partial charge in [-0.2, -0.15) is 5.10 Å². The normalized spacial score (nSPS) is 20.8. The maximum atomic E-state index is 14.0. The molecule has 1 aliphatic heterocycles. The molecule has 8 heteroatoms. The van der Waals surface area contributed by atoms with Gasteiger partial charge in [0.05, 0.1) is 5.69 Å². The Kier molecular flexibility index (Phi) is 4.98. The third kappa shape index (κ3) is 3.96. The number of carboxylic acids is 1. The Morgan fingerprint density at radius 1 is 1.44 bits per heavy atom. The van der Waals surface area contributed by atoms with Crippen LogP contribution in [0.2, 0.25) is 0 Å². The molecule has 2 aromatic rings. The van der Waals surface area contributed by atoms with E-state index in [9.17, 15) is 9.18 Å². The van der Waals surface area contributed by atoms with E-state index in [1.165, 1.54) is 12.3 Å². The zero-order chi connectivity index (χ0) is 18.0. The maximum absolute atomic E-state index is 14.0. The Hall–Kier alpha value is -2.48. The van der Waals surface area contributed by atoms with E-state index >= 15 is 0 Å². The van der Waals surface area contributed by atoms with Crippen molar-refractivity contribution in [3.63, 3.8) is 0 Å². The third-order valence-electron chi connectivity index (χ3n) is 4.65. The number of alkyl halides is 1. The van der Waals surface area contributed by atoms with E-state index < -0.39 is 12.1 Å². The zero-order valence-corrected chi connectivity index (χ0v) is 14.3. The molecule has 134 valence electrons. The molecule has 0 aromatic carbocycles. The summed E-state index contributed by atoms with van der Waals surface area (Å²) < 4.78 is 15.8. The number of carboxylic acid groups (broad SMARTS) is 1. The predicted octanol–water partition coefficient (Wildman–Crippen LogP) is 1.56. The number of halogens is 1. The summed E-state index contributed by atoms with van der Waals surface area (Å²) in [6, 6.07) is 5.29. The molecular weight excluding hydrogens is 325 g/mol. The van der Waals surface area contributed by atoms with Crippen LogP contribution in [0.5, 0.6) is 0 Å². The second-order valence-electron chi connectivity index (χ2n) is 6.45. The van der Waals surface area contributed by atoms with Gasteiger partial charge in [-0.05, 0) is 24.6 Å². The van der Waals surface area contributed by atoms with Crippen molar-refractivity contribution in [2.24, 2.45) is 7.05 Å². The maximum Gasteiger partial charge on any atom is 0.354 e. The highest BCUT2D eigenvalue weighted by Crippen LogP contribution is 2.25. The summed E-state index contributed by atoms with van der Waals surface area (Å²) in [6.45, 7) is 1.66. The number of aromatic carboxylic acids is 1. The van der Waals surface area contributed by atoms with E-state index in [0.29, 0.717) is 26.1 Å². The topological polar surface area (TPSA) is 74.5 Å². The van der Waals surface area contributed by atoms with E-state index in [-0.39, 0.29) is 11.7 Å².